The van der Waals surface area contributed by atoms with E-state index < -0.39 is 12.5 Å². The highest BCUT2D eigenvalue weighted by atomic mass is 16.3. The van der Waals surface area contributed by atoms with E-state index in [1.807, 2.05) is 18.2 Å². The molecule has 0 saturated heterocycles. The van der Waals surface area contributed by atoms with Gasteiger partial charge in [0.15, 0.2) is 0 Å². The summed E-state index contributed by atoms with van der Waals surface area (Å²) in [5, 5.41) is 14.7. The van der Waals surface area contributed by atoms with Gasteiger partial charge in [0.05, 0.1) is 0 Å². The number of hydrogen-bond acceptors (Lipinski definition) is 3. The molecule has 0 aliphatic heterocycles. The highest BCUT2D eigenvalue weighted by Crippen LogP contribution is 2.18. The van der Waals surface area contributed by atoms with E-state index in [0.717, 1.165) is 12.1 Å². The van der Waals surface area contributed by atoms with Gasteiger partial charge in [-0.05, 0) is 31.0 Å². The molecular formula is C14H22N2O2. The molecule has 1 aromatic carbocycles. The van der Waals surface area contributed by atoms with Crippen molar-refractivity contribution in [2.24, 2.45) is 5.92 Å². The van der Waals surface area contributed by atoms with Crippen LogP contribution in [0, 0.1) is 5.92 Å². The molecule has 0 spiro atoms. The molecule has 0 fully saturated rings. The van der Waals surface area contributed by atoms with Gasteiger partial charge in [-0.1, -0.05) is 26.3 Å². The first-order valence-corrected chi connectivity index (χ1v) is 6.34. The fourth-order valence-electron chi connectivity index (χ4n) is 1.65. The minimum atomic E-state index is -0.499. The van der Waals surface area contributed by atoms with E-state index in [2.05, 4.69) is 31.4 Å². The van der Waals surface area contributed by atoms with Gasteiger partial charge in [0.2, 0.25) is 5.91 Å². The van der Waals surface area contributed by atoms with Crippen LogP contribution in [0.2, 0.25) is 0 Å². The molecule has 4 heteroatoms. The van der Waals surface area contributed by atoms with Gasteiger partial charge < -0.3 is 15.7 Å². The number of carbonyl (C=O) groups is 1. The molecule has 0 heterocycles. The summed E-state index contributed by atoms with van der Waals surface area (Å²) in [5.41, 5.74) is 1.66. The molecule has 3 N–H and O–H groups in total. The molecule has 2 unspecified atom stereocenters. The van der Waals surface area contributed by atoms with E-state index in [-0.39, 0.29) is 0 Å². The summed E-state index contributed by atoms with van der Waals surface area (Å²) in [6, 6.07) is 7.88. The molecule has 0 bridgehead atoms. The molecule has 0 aliphatic carbocycles. The maximum absolute atomic E-state index is 11.1. The maximum Gasteiger partial charge on any atom is 0.250 e. The lowest BCUT2D eigenvalue weighted by Crippen LogP contribution is -2.23. The fraction of sp³-hybridized carbons (Fsp3) is 0.500. The van der Waals surface area contributed by atoms with Crippen LogP contribution in [0.15, 0.2) is 24.3 Å². The molecule has 0 saturated carbocycles. The lowest BCUT2D eigenvalue weighted by atomic mass is 10.0. The van der Waals surface area contributed by atoms with Crippen LogP contribution >= 0.6 is 0 Å². The monoisotopic (exact) mass is 250 g/mol. The highest BCUT2D eigenvalue weighted by molar-refractivity contribution is 5.91. The van der Waals surface area contributed by atoms with Crippen LogP contribution in [-0.2, 0) is 4.79 Å². The Bertz CT molecular complexity index is 393. The predicted octanol–water partition coefficient (Wildman–Crippen LogP) is 2.46. The van der Waals surface area contributed by atoms with Crippen LogP contribution < -0.4 is 10.6 Å². The topological polar surface area (TPSA) is 61.4 Å². The summed E-state index contributed by atoms with van der Waals surface area (Å²) in [7, 11) is 0. The number of rotatable bonds is 6. The number of nitrogens with one attached hydrogen (secondary N) is 2. The van der Waals surface area contributed by atoms with E-state index in [0.29, 0.717) is 17.6 Å². The Kier molecular flexibility index (Phi) is 5.65. The molecule has 100 valence electrons. The Hall–Kier alpha value is -1.55. The van der Waals surface area contributed by atoms with Crippen LogP contribution in [0.4, 0.5) is 11.4 Å². The fourth-order valence-corrected chi connectivity index (χ4v) is 1.65. The van der Waals surface area contributed by atoms with Crippen molar-refractivity contribution in [2.75, 3.05) is 17.2 Å². The number of amides is 1. The van der Waals surface area contributed by atoms with Crippen LogP contribution in [-0.4, -0.2) is 23.7 Å². The summed E-state index contributed by atoms with van der Waals surface area (Å²) in [5.74, 6) is 0.183. The Balaban J connectivity index is 2.67. The summed E-state index contributed by atoms with van der Waals surface area (Å²) in [6.45, 7) is 6.02. The highest BCUT2D eigenvalue weighted by Gasteiger charge is 2.10. The van der Waals surface area contributed by atoms with Gasteiger partial charge in [-0.15, -0.1) is 0 Å². The van der Waals surface area contributed by atoms with Crippen molar-refractivity contribution in [2.45, 2.75) is 33.2 Å². The van der Waals surface area contributed by atoms with E-state index in [9.17, 15) is 4.79 Å². The Morgan fingerprint density at radius 3 is 2.61 bits per heavy atom. The largest absolute Gasteiger partial charge is 0.387 e. The number of aliphatic hydroxyl groups is 1. The van der Waals surface area contributed by atoms with E-state index >= 15 is 0 Å². The smallest absolute Gasteiger partial charge is 0.250 e. The van der Waals surface area contributed by atoms with Gasteiger partial charge in [-0.2, -0.15) is 0 Å². The summed E-state index contributed by atoms with van der Waals surface area (Å²) in [4.78, 5) is 11.1. The van der Waals surface area contributed by atoms with Gasteiger partial charge in [0.25, 0.3) is 0 Å². The Labute approximate surface area is 108 Å². The van der Waals surface area contributed by atoms with Gasteiger partial charge in [-0.3, -0.25) is 4.79 Å². The Morgan fingerprint density at radius 2 is 2.00 bits per heavy atom. The van der Waals surface area contributed by atoms with Gasteiger partial charge in [-0.25, -0.2) is 0 Å². The van der Waals surface area contributed by atoms with E-state index in [1.54, 1.807) is 6.07 Å². The normalized spacial score (nSPS) is 13.8. The van der Waals surface area contributed by atoms with Crippen molar-refractivity contribution in [1.29, 1.82) is 0 Å². The molecule has 1 aromatic rings. The van der Waals surface area contributed by atoms with Gasteiger partial charge in [0, 0.05) is 17.4 Å². The first kappa shape index (κ1) is 14.5. The third-order valence-electron chi connectivity index (χ3n) is 3.18. The van der Waals surface area contributed by atoms with Crippen LogP contribution in [0.25, 0.3) is 0 Å². The van der Waals surface area contributed by atoms with Crippen molar-refractivity contribution in [3.63, 3.8) is 0 Å². The molecule has 1 rings (SSSR count). The summed E-state index contributed by atoms with van der Waals surface area (Å²) in [6.07, 6.45) is 1.12. The quantitative estimate of drug-likeness (QED) is 0.727. The van der Waals surface area contributed by atoms with Crippen molar-refractivity contribution in [1.82, 2.24) is 0 Å². The number of hydrogen-bond donors (Lipinski definition) is 3. The van der Waals surface area contributed by atoms with Crippen molar-refractivity contribution < 1.29 is 9.90 Å². The van der Waals surface area contributed by atoms with Crippen molar-refractivity contribution >= 4 is 17.3 Å². The third kappa shape index (κ3) is 4.37. The second-order valence-electron chi connectivity index (χ2n) is 4.61. The average Bonchev–Trinajstić information content (AvgIpc) is 2.37. The SMILES string of the molecule is CCC(C)C(C)Nc1cccc(NC(=O)CO)c1. The Morgan fingerprint density at radius 1 is 1.33 bits per heavy atom. The number of benzene rings is 1. The minimum absolute atomic E-state index is 0.374. The van der Waals surface area contributed by atoms with Crippen molar-refractivity contribution in [3.05, 3.63) is 24.3 Å². The zero-order valence-electron chi connectivity index (χ0n) is 11.2. The van der Waals surface area contributed by atoms with Crippen LogP contribution in [0.3, 0.4) is 0 Å². The first-order chi connectivity index (χ1) is 8.56. The number of aliphatic hydroxyl groups excluding tert-OH is 1. The first-order valence-electron chi connectivity index (χ1n) is 6.34. The van der Waals surface area contributed by atoms with Crippen LogP contribution in [0.1, 0.15) is 27.2 Å². The zero-order valence-corrected chi connectivity index (χ0v) is 11.2. The standard InChI is InChI=1S/C14H22N2O2/c1-4-10(2)11(3)15-12-6-5-7-13(8-12)16-14(18)9-17/h5-8,10-11,15,17H,4,9H2,1-3H3,(H,16,18). The van der Waals surface area contributed by atoms with Crippen molar-refractivity contribution in [3.8, 4) is 0 Å². The molecule has 18 heavy (non-hydrogen) atoms. The molecule has 1 amide bonds. The maximum atomic E-state index is 11.1. The second-order valence-corrected chi connectivity index (χ2v) is 4.61. The molecule has 4 nitrogen and oxygen atoms in total. The van der Waals surface area contributed by atoms with Crippen LogP contribution in [0.5, 0.6) is 0 Å². The molecule has 2 atom stereocenters. The lowest BCUT2D eigenvalue weighted by Gasteiger charge is -2.21. The zero-order chi connectivity index (χ0) is 13.5. The minimum Gasteiger partial charge on any atom is -0.387 e. The second kappa shape index (κ2) is 7.01. The third-order valence-corrected chi connectivity index (χ3v) is 3.18. The molecule has 0 aromatic heterocycles. The molecule has 0 aliphatic rings. The number of anilines is 2. The predicted molar refractivity (Wildman–Crippen MR) is 74.7 cm³/mol. The number of carbonyl (C=O) groups excluding carboxylic acids is 1. The van der Waals surface area contributed by atoms with Gasteiger partial charge >= 0.3 is 0 Å². The summed E-state index contributed by atoms with van der Waals surface area (Å²) < 4.78 is 0. The van der Waals surface area contributed by atoms with E-state index in [1.165, 1.54) is 0 Å². The lowest BCUT2D eigenvalue weighted by molar-refractivity contribution is -0.118. The van der Waals surface area contributed by atoms with Gasteiger partial charge in [0.1, 0.15) is 6.61 Å². The summed E-state index contributed by atoms with van der Waals surface area (Å²) >= 11 is 0. The average molecular weight is 250 g/mol. The molecule has 0 radical (unpaired) electrons. The molecular weight excluding hydrogens is 228 g/mol. The van der Waals surface area contributed by atoms with E-state index in [4.69, 9.17) is 5.11 Å².